The Morgan fingerprint density at radius 2 is 1.46 bits per heavy atom. The quantitative estimate of drug-likeness (QED) is 0.488. The molecule has 72 valence electrons. The van der Waals surface area contributed by atoms with E-state index < -0.39 is 7.85 Å². The zero-order chi connectivity index (χ0) is 9.97. The Hall–Kier alpha value is -0.890. The first-order valence-electron chi connectivity index (χ1n) is 3.47. The van der Waals surface area contributed by atoms with Gasteiger partial charge in [0.05, 0.1) is 0 Å². The van der Waals surface area contributed by atoms with Crippen molar-refractivity contribution in [2.24, 2.45) is 0 Å². The van der Waals surface area contributed by atoms with Gasteiger partial charge in [-0.1, -0.05) is 0 Å². The van der Waals surface area contributed by atoms with E-state index >= 15 is 0 Å². The van der Waals surface area contributed by atoms with E-state index in [2.05, 4.69) is 0 Å². The Morgan fingerprint density at radius 3 is 1.92 bits per heavy atom. The molecule has 0 unspecified atom stereocenters. The van der Waals surface area contributed by atoms with Crippen molar-refractivity contribution in [2.45, 2.75) is 0 Å². The van der Waals surface area contributed by atoms with Gasteiger partial charge >= 0.3 is 72.4 Å². The van der Waals surface area contributed by atoms with Crippen LogP contribution in [0.4, 0.5) is 16.8 Å². The third-order valence-electron chi connectivity index (χ3n) is 1.29. The first kappa shape index (κ1) is 10.2. The van der Waals surface area contributed by atoms with Crippen LogP contribution in [-0.4, -0.2) is 0 Å². The summed E-state index contributed by atoms with van der Waals surface area (Å²) in [5, 5.41) is 0. The molecule has 1 aromatic carbocycles. The van der Waals surface area contributed by atoms with Crippen LogP contribution in [0.5, 0.6) is 0 Å². The van der Waals surface area contributed by atoms with Gasteiger partial charge in [-0.2, -0.15) is 0 Å². The van der Waals surface area contributed by atoms with E-state index in [1.807, 2.05) is 0 Å². The van der Waals surface area contributed by atoms with Crippen molar-refractivity contribution in [3.8, 4) is 0 Å². The summed E-state index contributed by atoms with van der Waals surface area (Å²) in [5.74, 6) is -0.291. The Morgan fingerprint density at radius 1 is 0.923 bits per heavy atom. The fourth-order valence-electron chi connectivity index (χ4n) is 0.763. The van der Waals surface area contributed by atoms with Gasteiger partial charge in [0.15, 0.2) is 0 Å². The second-order valence-electron chi connectivity index (χ2n) is 2.50. The molecule has 0 aliphatic heterocycles. The van der Waals surface area contributed by atoms with Crippen molar-refractivity contribution in [1.82, 2.24) is 0 Å². The van der Waals surface area contributed by atoms with E-state index in [-0.39, 0.29) is 5.82 Å². The van der Waals surface area contributed by atoms with Crippen molar-refractivity contribution in [1.29, 1.82) is 0 Å². The van der Waals surface area contributed by atoms with Gasteiger partial charge in [0.25, 0.3) is 0 Å². The van der Waals surface area contributed by atoms with Crippen molar-refractivity contribution >= 4 is 13.9 Å². The fourth-order valence-corrected chi connectivity index (χ4v) is 1.16. The summed E-state index contributed by atoms with van der Waals surface area (Å²) in [6.45, 7) is 0. The Balaban J connectivity index is 2.82. The van der Waals surface area contributed by atoms with E-state index in [9.17, 15) is 16.8 Å². The summed E-state index contributed by atoms with van der Waals surface area (Å²) in [5.41, 5.74) is 0.335. The number of halogens is 4. The van der Waals surface area contributed by atoms with Crippen LogP contribution in [-0.2, 0) is 0 Å². The molecule has 0 heterocycles. The number of hydrogen-bond donors (Lipinski definition) is 0. The molecule has 1 aromatic rings. The van der Waals surface area contributed by atoms with Crippen LogP contribution in [0.2, 0.25) is 0 Å². The molecule has 0 spiro atoms. The molecule has 0 fully saturated rings. The summed E-state index contributed by atoms with van der Waals surface area (Å²) >= 11 is 0. The zero-order valence-corrected chi connectivity index (χ0v) is 7.39. The normalized spacial score (nSPS) is 15.5. The maximum absolute atomic E-state index is 11.8. The van der Waals surface area contributed by atoms with Crippen LogP contribution in [0.3, 0.4) is 0 Å². The summed E-state index contributed by atoms with van der Waals surface area (Å²) in [4.78, 5) is 0. The molecule has 0 bridgehead atoms. The first-order chi connectivity index (χ1) is 5.83. The molecule has 0 N–H and O–H groups in total. The van der Waals surface area contributed by atoms with Crippen molar-refractivity contribution in [3.63, 3.8) is 0 Å². The van der Waals surface area contributed by atoms with Crippen LogP contribution in [0.15, 0.2) is 36.1 Å². The predicted molar refractivity (Wildman–Crippen MR) is 46.8 cm³/mol. The molecule has 0 radical (unpaired) electrons. The SMILES string of the molecule is FP(F)(F)(F)/C=C/c1ccccc1. The summed E-state index contributed by atoms with van der Waals surface area (Å²) < 4.78 is 47.2. The van der Waals surface area contributed by atoms with Gasteiger partial charge < -0.3 is 0 Å². The van der Waals surface area contributed by atoms with E-state index in [4.69, 9.17) is 0 Å². The molecular formula is C8H7F4P. The molecule has 0 atom stereocenters. The van der Waals surface area contributed by atoms with Crippen LogP contribution in [0, 0.1) is 0 Å². The van der Waals surface area contributed by atoms with E-state index in [0.29, 0.717) is 5.56 Å². The standard InChI is InChI=1S/C8H7F4P/c9-13(10,11,12)7-6-8-4-2-1-3-5-8/h1-7H/b7-6+. The molecule has 0 nitrogen and oxygen atoms in total. The third-order valence-corrected chi connectivity index (χ3v) is 1.89. The van der Waals surface area contributed by atoms with Gasteiger partial charge in [0.2, 0.25) is 0 Å². The van der Waals surface area contributed by atoms with E-state index in [0.717, 1.165) is 6.08 Å². The van der Waals surface area contributed by atoms with Crippen LogP contribution in [0.1, 0.15) is 5.56 Å². The monoisotopic (exact) mass is 210 g/mol. The summed E-state index contributed by atoms with van der Waals surface area (Å²) in [6, 6.07) is 7.79. The Labute approximate surface area is 73.3 Å². The summed E-state index contributed by atoms with van der Waals surface area (Å²) in [7, 11) is -7.48. The minimum atomic E-state index is -7.48. The van der Waals surface area contributed by atoms with Crippen molar-refractivity contribution in [2.75, 3.05) is 0 Å². The van der Waals surface area contributed by atoms with Gasteiger partial charge in [-0.25, -0.2) is 0 Å². The molecule has 0 saturated heterocycles. The first-order valence-corrected chi connectivity index (χ1v) is 5.34. The molecule has 0 amide bonds. The van der Waals surface area contributed by atoms with Gasteiger partial charge in [0.1, 0.15) is 0 Å². The molecule has 0 aliphatic rings. The van der Waals surface area contributed by atoms with Gasteiger partial charge in [-0.15, -0.1) is 0 Å². The molecule has 1 rings (SSSR count). The minimum absolute atomic E-state index is 0.291. The second-order valence-corrected chi connectivity index (χ2v) is 4.35. The Bertz CT molecular complexity index is 303. The van der Waals surface area contributed by atoms with Gasteiger partial charge in [-0.3, -0.25) is 0 Å². The van der Waals surface area contributed by atoms with E-state index in [1.165, 1.54) is 12.1 Å². The van der Waals surface area contributed by atoms with Crippen LogP contribution in [0.25, 0.3) is 6.08 Å². The topological polar surface area (TPSA) is 0 Å². The van der Waals surface area contributed by atoms with Gasteiger partial charge in [-0.05, 0) is 0 Å². The third kappa shape index (κ3) is 4.63. The zero-order valence-electron chi connectivity index (χ0n) is 6.50. The van der Waals surface area contributed by atoms with Crippen molar-refractivity contribution < 1.29 is 16.8 Å². The molecular weight excluding hydrogens is 203 g/mol. The van der Waals surface area contributed by atoms with Gasteiger partial charge in [0, 0.05) is 0 Å². The Kier molecular flexibility index (Phi) is 2.44. The van der Waals surface area contributed by atoms with E-state index in [1.54, 1.807) is 18.2 Å². The molecule has 5 heteroatoms. The molecule has 0 saturated carbocycles. The predicted octanol–water partition coefficient (Wildman–Crippen LogP) is 4.75. The van der Waals surface area contributed by atoms with Crippen molar-refractivity contribution in [3.05, 3.63) is 41.7 Å². The second kappa shape index (κ2) is 3.11. The average Bonchev–Trinajstić information content (AvgIpc) is 2.01. The van der Waals surface area contributed by atoms with Crippen LogP contribution < -0.4 is 0 Å². The molecule has 0 aromatic heterocycles. The molecule has 0 aliphatic carbocycles. The number of benzene rings is 1. The summed E-state index contributed by atoms with van der Waals surface area (Å²) in [6.07, 6.45) is 0.734. The number of hydrogen-bond acceptors (Lipinski definition) is 0. The number of rotatable bonds is 2. The van der Waals surface area contributed by atoms with Crippen LogP contribution >= 0.6 is 7.85 Å². The fraction of sp³-hybridized carbons (Fsp3) is 0. The molecule has 13 heavy (non-hydrogen) atoms. The maximum atomic E-state index is 11.8. The average molecular weight is 210 g/mol.